The lowest BCUT2D eigenvalue weighted by molar-refractivity contribution is -0.141. The fraction of sp³-hybridized carbons (Fsp3) is 0.692. The molecule has 0 amide bonds. The van der Waals surface area contributed by atoms with Gasteiger partial charge in [-0.25, -0.2) is 0 Å². The van der Waals surface area contributed by atoms with Crippen molar-refractivity contribution in [3.8, 4) is 0 Å². The first kappa shape index (κ1) is 15.7. The molecule has 0 aliphatic heterocycles. The molecule has 0 saturated carbocycles. The van der Waals surface area contributed by atoms with E-state index >= 15 is 0 Å². The third-order valence-electron chi connectivity index (χ3n) is 3.10. The first-order valence-electron chi connectivity index (χ1n) is 6.51. The van der Waals surface area contributed by atoms with Gasteiger partial charge in [-0.15, -0.1) is 0 Å². The van der Waals surface area contributed by atoms with Gasteiger partial charge in [-0.2, -0.15) is 18.3 Å². The number of unbranched alkanes of at least 4 members (excludes halogenated alkanes) is 1. The molecule has 0 bridgehead atoms. The molecular formula is C13H19F3N2O. The number of hydrogen-bond donors (Lipinski definition) is 0. The van der Waals surface area contributed by atoms with E-state index in [0.29, 0.717) is 6.42 Å². The second-order valence-electron chi connectivity index (χ2n) is 4.61. The van der Waals surface area contributed by atoms with Crippen LogP contribution in [-0.4, -0.2) is 15.6 Å². The summed E-state index contributed by atoms with van der Waals surface area (Å²) in [6.45, 7) is 3.88. The van der Waals surface area contributed by atoms with Crippen molar-refractivity contribution < 1.29 is 18.0 Å². The van der Waals surface area contributed by atoms with E-state index < -0.39 is 11.9 Å². The maximum atomic E-state index is 12.4. The predicted octanol–water partition coefficient (Wildman–Crippen LogP) is 3.69. The fourth-order valence-corrected chi connectivity index (χ4v) is 1.93. The average Bonchev–Trinajstić information content (AvgIpc) is 2.78. The highest BCUT2D eigenvalue weighted by Gasteiger charge is 2.33. The van der Waals surface area contributed by atoms with Crippen LogP contribution >= 0.6 is 0 Å². The Morgan fingerprint density at radius 3 is 2.58 bits per heavy atom. The molecule has 1 aromatic rings. The molecule has 0 fully saturated rings. The number of nitrogens with zero attached hydrogens (tertiary/aromatic N) is 2. The standard InChI is InChI=1S/C13H19F3N2O/c1-3-5-6-10(4-2)11(19)9-18-8-7-12(17-18)13(14,15)16/h7-8,10H,3-6,9H2,1-2H3. The van der Waals surface area contributed by atoms with Crippen molar-refractivity contribution in [2.45, 2.75) is 52.3 Å². The molecule has 0 aliphatic carbocycles. The SMILES string of the molecule is CCCCC(CC)C(=O)Cn1ccc(C(F)(F)F)n1. The molecule has 108 valence electrons. The second kappa shape index (κ2) is 6.73. The van der Waals surface area contributed by atoms with E-state index in [2.05, 4.69) is 5.10 Å². The third kappa shape index (κ3) is 4.69. The Morgan fingerprint density at radius 1 is 1.42 bits per heavy atom. The molecule has 1 aromatic heterocycles. The zero-order valence-electron chi connectivity index (χ0n) is 11.2. The second-order valence-corrected chi connectivity index (χ2v) is 4.61. The summed E-state index contributed by atoms with van der Waals surface area (Å²) in [7, 11) is 0. The third-order valence-corrected chi connectivity index (χ3v) is 3.10. The van der Waals surface area contributed by atoms with Gasteiger partial charge in [0.05, 0.1) is 6.54 Å². The van der Waals surface area contributed by atoms with Crippen LogP contribution in [0.15, 0.2) is 12.3 Å². The van der Waals surface area contributed by atoms with Crippen LogP contribution in [0.3, 0.4) is 0 Å². The summed E-state index contributed by atoms with van der Waals surface area (Å²) in [4.78, 5) is 12.0. The van der Waals surface area contributed by atoms with Crippen molar-refractivity contribution in [3.05, 3.63) is 18.0 Å². The molecule has 19 heavy (non-hydrogen) atoms. The number of hydrogen-bond acceptors (Lipinski definition) is 2. The molecule has 0 saturated heterocycles. The van der Waals surface area contributed by atoms with Crippen molar-refractivity contribution in [2.75, 3.05) is 0 Å². The topological polar surface area (TPSA) is 34.9 Å². The van der Waals surface area contributed by atoms with Gasteiger partial charge in [-0.3, -0.25) is 9.48 Å². The van der Waals surface area contributed by atoms with E-state index in [0.717, 1.165) is 30.0 Å². The van der Waals surface area contributed by atoms with Gasteiger partial charge in [0.1, 0.15) is 0 Å². The maximum absolute atomic E-state index is 12.4. The van der Waals surface area contributed by atoms with Crippen molar-refractivity contribution in [3.63, 3.8) is 0 Å². The Bertz CT molecular complexity index is 412. The maximum Gasteiger partial charge on any atom is 0.435 e. The van der Waals surface area contributed by atoms with Gasteiger partial charge >= 0.3 is 6.18 Å². The predicted molar refractivity (Wildman–Crippen MR) is 65.5 cm³/mol. The minimum Gasteiger partial charge on any atom is -0.297 e. The Morgan fingerprint density at radius 2 is 2.11 bits per heavy atom. The number of carbonyl (C=O) groups is 1. The summed E-state index contributed by atoms with van der Waals surface area (Å²) >= 11 is 0. The number of ketones is 1. The zero-order chi connectivity index (χ0) is 14.5. The highest BCUT2D eigenvalue weighted by atomic mass is 19.4. The van der Waals surface area contributed by atoms with E-state index in [-0.39, 0.29) is 18.2 Å². The number of alkyl halides is 3. The molecule has 0 radical (unpaired) electrons. The Kier molecular flexibility index (Phi) is 5.57. The van der Waals surface area contributed by atoms with Gasteiger partial charge in [-0.1, -0.05) is 26.7 Å². The quantitative estimate of drug-likeness (QED) is 0.761. The highest BCUT2D eigenvalue weighted by molar-refractivity contribution is 5.80. The zero-order valence-corrected chi connectivity index (χ0v) is 11.2. The van der Waals surface area contributed by atoms with Crippen LogP contribution in [0.25, 0.3) is 0 Å². The monoisotopic (exact) mass is 276 g/mol. The summed E-state index contributed by atoms with van der Waals surface area (Å²) in [6.07, 6.45) is 0.209. The molecular weight excluding hydrogens is 257 g/mol. The molecule has 0 aliphatic rings. The minimum atomic E-state index is -4.46. The lowest BCUT2D eigenvalue weighted by Gasteiger charge is -2.13. The number of Topliss-reactive ketones (excluding diaryl/α,β-unsaturated/α-hetero) is 1. The van der Waals surface area contributed by atoms with Crippen LogP contribution in [0.4, 0.5) is 13.2 Å². The molecule has 1 atom stereocenters. The van der Waals surface area contributed by atoms with Gasteiger partial charge in [0.15, 0.2) is 11.5 Å². The Balaban J connectivity index is 2.63. The largest absolute Gasteiger partial charge is 0.435 e. The molecule has 1 heterocycles. The first-order valence-corrected chi connectivity index (χ1v) is 6.51. The number of carbonyl (C=O) groups excluding carboxylic acids is 1. The average molecular weight is 276 g/mol. The van der Waals surface area contributed by atoms with Crippen molar-refractivity contribution in [1.82, 2.24) is 9.78 Å². The van der Waals surface area contributed by atoms with E-state index in [1.54, 1.807) is 0 Å². The summed E-state index contributed by atoms with van der Waals surface area (Å²) in [5.41, 5.74) is -0.957. The summed E-state index contributed by atoms with van der Waals surface area (Å²) in [5, 5.41) is 3.39. The number of halogens is 3. The van der Waals surface area contributed by atoms with Crippen LogP contribution in [0.2, 0.25) is 0 Å². The first-order chi connectivity index (χ1) is 8.88. The minimum absolute atomic E-state index is 0.0484. The van der Waals surface area contributed by atoms with Crippen LogP contribution in [0.5, 0.6) is 0 Å². The lowest BCUT2D eigenvalue weighted by Crippen LogP contribution is -2.20. The van der Waals surface area contributed by atoms with Crippen molar-refractivity contribution >= 4 is 5.78 Å². The van der Waals surface area contributed by atoms with E-state index in [1.807, 2.05) is 13.8 Å². The highest BCUT2D eigenvalue weighted by Crippen LogP contribution is 2.27. The van der Waals surface area contributed by atoms with Gasteiger partial charge in [0.2, 0.25) is 0 Å². The van der Waals surface area contributed by atoms with E-state index in [4.69, 9.17) is 0 Å². The van der Waals surface area contributed by atoms with E-state index in [1.165, 1.54) is 6.20 Å². The van der Waals surface area contributed by atoms with Crippen molar-refractivity contribution in [2.24, 2.45) is 5.92 Å². The van der Waals surface area contributed by atoms with E-state index in [9.17, 15) is 18.0 Å². The number of aromatic nitrogens is 2. The lowest BCUT2D eigenvalue weighted by atomic mass is 9.95. The number of rotatable bonds is 7. The van der Waals surface area contributed by atoms with Crippen LogP contribution in [0, 0.1) is 5.92 Å². The molecule has 6 heteroatoms. The molecule has 0 aromatic carbocycles. The van der Waals surface area contributed by atoms with Gasteiger partial charge in [0.25, 0.3) is 0 Å². The molecule has 3 nitrogen and oxygen atoms in total. The van der Waals surface area contributed by atoms with Gasteiger partial charge < -0.3 is 0 Å². The summed E-state index contributed by atoms with van der Waals surface area (Å²) in [6, 6.07) is 0.889. The summed E-state index contributed by atoms with van der Waals surface area (Å²) in [5.74, 6) is -0.133. The smallest absolute Gasteiger partial charge is 0.297 e. The molecule has 0 N–H and O–H groups in total. The molecule has 1 rings (SSSR count). The summed E-state index contributed by atoms with van der Waals surface area (Å²) < 4.78 is 38.2. The molecule has 1 unspecified atom stereocenters. The van der Waals surface area contributed by atoms with Crippen molar-refractivity contribution in [1.29, 1.82) is 0 Å². The van der Waals surface area contributed by atoms with Gasteiger partial charge in [-0.05, 0) is 18.9 Å². The normalized spacial score (nSPS) is 13.5. The fourth-order valence-electron chi connectivity index (χ4n) is 1.93. The van der Waals surface area contributed by atoms with Gasteiger partial charge in [0, 0.05) is 12.1 Å². The van der Waals surface area contributed by atoms with Crippen LogP contribution in [-0.2, 0) is 17.5 Å². The van der Waals surface area contributed by atoms with Crippen LogP contribution < -0.4 is 0 Å². The van der Waals surface area contributed by atoms with Crippen LogP contribution in [0.1, 0.15) is 45.2 Å². The Hall–Kier alpha value is -1.33. The Labute approximate surface area is 110 Å². The molecule has 0 spiro atoms.